The van der Waals surface area contributed by atoms with E-state index in [1.54, 1.807) is 6.07 Å². The predicted molar refractivity (Wildman–Crippen MR) is 109 cm³/mol. The summed E-state index contributed by atoms with van der Waals surface area (Å²) in [6, 6.07) is 5.19. The summed E-state index contributed by atoms with van der Waals surface area (Å²) in [5.41, 5.74) is 6.09. The largest absolute Gasteiger partial charge is 0.399 e. The summed E-state index contributed by atoms with van der Waals surface area (Å²) >= 11 is 0. The molecule has 2 fully saturated rings. The molecular formula is C20H22F3N7O3. The van der Waals surface area contributed by atoms with Crippen LogP contribution in [0.5, 0.6) is 0 Å². The van der Waals surface area contributed by atoms with E-state index in [1.165, 1.54) is 12.1 Å². The van der Waals surface area contributed by atoms with E-state index >= 15 is 0 Å². The fraction of sp³-hybridized carbons (Fsp3) is 0.400. The van der Waals surface area contributed by atoms with Gasteiger partial charge in [-0.3, -0.25) is 20.2 Å². The van der Waals surface area contributed by atoms with Gasteiger partial charge >= 0.3 is 11.8 Å². The van der Waals surface area contributed by atoms with Crippen LogP contribution in [0.25, 0.3) is 0 Å². The Kier molecular flexibility index (Phi) is 6.50. The molecule has 1 aliphatic carbocycles. The number of carbonyl (C=O) groups is 3. The maximum absolute atomic E-state index is 13.5. The number of hydrogen-bond donors (Lipinski definition) is 5. The number of rotatable bonds is 5. The van der Waals surface area contributed by atoms with Gasteiger partial charge in [-0.1, -0.05) is 0 Å². The number of nitrogens with one attached hydrogen (secondary N) is 3. The summed E-state index contributed by atoms with van der Waals surface area (Å²) in [6.07, 6.45) is -0.254. The van der Waals surface area contributed by atoms with Crippen molar-refractivity contribution in [2.24, 2.45) is 17.5 Å². The normalized spacial score (nSPS) is 20.9. The first-order chi connectivity index (χ1) is 15.5. The molecule has 0 aromatic heterocycles. The lowest BCUT2D eigenvalue weighted by Crippen LogP contribution is -2.66. The Labute approximate surface area is 186 Å². The highest BCUT2D eigenvalue weighted by Gasteiger charge is 2.59. The summed E-state index contributed by atoms with van der Waals surface area (Å²) in [7, 11) is 0. The molecule has 33 heavy (non-hydrogen) atoms. The number of nitriles is 1. The summed E-state index contributed by atoms with van der Waals surface area (Å²) in [6.45, 7) is 0.0132. The second-order valence-corrected chi connectivity index (χ2v) is 8.04. The third-order valence-electron chi connectivity index (χ3n) is 5.66. The fourth-order valence-electron chi connectivity index (χ4n) is 3.93. The summed E-state index contributed by atoms with van der Waals surface area (Å²) < 4.78 is 40.4. The molecule has 176 valence electrons. The molecule has 3 amide bonds. The summed E-state index contributed by atoms with van der Waals surface area (Å²) in [4.78, 5) is 38.7. The van der Waals surface area contributed by atoms with Gasteiger partial charge < -0.3 is 26.7 Å². The first kappa shape index (κ1) is 23.9. The SMILES string of the molecule is N#Cc1cc(NC(=O)C2CCN(C(=O)C(=O)NC3(/C(N)=C/NN)CC(F)(F)C3)C2)ccc1F. The lowest BCUT2D eigenvalue weighted by Gasteiger charge is -2.47. The van der Waals surface area contributed by atoms with E-state index in [1.807, 2.05) is 0 Å². The lowest BCUT2D eigenvalue weighted by atomic mass is 9.71. The Morgan fingerprint density at radius 1 is 1.27 bits per heavy atom. The minimum atomic E-state index is -3.05. The van der Waals surface area contributed by atoms with E-state index in [0.29, 0.717) is 0 Å². The summed E-state index contributed by atoms with van der Waals surface area (Å²) in [5.74, 6) is -1.89. The van der Waals surface area contributed by atoms with Gasteiger partial charge in [0.2, 0.25) is 5.91 Å². The van der Waals surface area contributed by atoms with Crippen LogP contribution in [0, 0.1) is 23.1 Å². The molecule has 0 bridgehead atoms. The second kappa shape index (κ2) is 8.99. The minimum Gasteiger partial charge on any atom is -0.399 e. The van der Waals surface area contributed by atoms with Crippen LogP contribution in [0.1, 0.15) is 24.8 Å². The smallest absolute Gasteiger partial charge is 0.311 e. The van der Waals surface area contributed by atoms with Crippen molar-refractivity contribution >= 4 is 23.4 Å². The van der Waals surface area contributed by atoms with Crippen LogP contribution < -0.4 is 27.6 Å². The Bertz CT molecular complexity index is 1050. The van der Waals surface area contributed by atoms with Crippen molar-refractivity contribution in [2.75, 3.05) is 18.4 Å². The van der Waals surface area contributed by atoms with Gasteiger partial charge in [-0.05, 0) is 24.6 Å². The summed E-state index contributed by atoms with van der Waals surface area (Å²) in [5, 5.41) is 13.7. The maximum Gasteiger partial charge on any atom is 0.311 e. The highest BCUT2D eigenvalue weighted by molar-refractivity contribution is 6.35. The van der Waals surface area contributed by atoms with E-state index in [9.17, 15) is 27.6 Å². The number of hydrazine groups is 1. The molecule has 1 saturated heterocycles. The van der Waals surface area contributed by atoms with E-state index in [0.717, 1.165) is 17.2 Å². The Morgan fingerprint density at radius 3 is 2.58 bits per heavy atom. The molecule has 13 heteroatoms. The van der Waals surface area contributed by atoms with E-state index in [4.69, 9.17) is 16.8 Å². The number of carbonyl (C=O) groups excluding carboxylic acids is 3. The Hall–Kier alpha value is -3.79. The molecular weight excluding hydrogens is 443 g/mol. The van der Waals surface area contributed by atoms with Crippen molar-refractivity contribution in [1.29, 1.82) is 5.26 Å². The molecule has 0 spiro atoms. The van der Waals surface area contributed by atoms with Crippen LogP contribution in [0.3, 0.4) is 0 Å². The Morgan fingerprint density at radius 2 is 1.97 bits per heavy atom. The first-order valence-corrected chi connectivity index (χ1v) is 9.92. The van der Waals surface area contributed by atoms with Gasteiger partial charge in [-0.15, -0.1) is 0 Å². The molecule has 2 aliphatic rings. The van der Waals surface area contributed by atoms with Gasteiger partial charge in [0.25, 0.3) is 5.92 Å². The van der Waals surface area contributed by atoms with Crippen molar-refractivity contribution in [3.05, 3.63) is 41.5 Å². The zero-order valence-corrected chi connectivity index (χ0v) is 17.3. The average molecular weight is 465 g/mol. The highest BCUT2D eigenvalue weighted by Crippen LogP contribution is 2.48. The van der Waals surface area contributed by atoms with Crippen LogP contribution in [0.15, 0.2) is 30.1 Å². The van der Waals surface area contributed by atoms with Gasteiger partial charge in [-0.2, -0.15) is 5.26 Å². The van der Waals surface area contributed by atoms with Gasteiger partial charge in [0.15, 0.2) is 0 Å². The molecule has 1 saturated carbocycles. The zero-order chi connectivity index (χ0) is 24.4. The van der Waals surface area contributed by atoms with Gasteiger partial charge in [0.1, 0.15) is 11.9 Å². The topological polar surface area (TPSA) is 166 Å². The maximum atomic E-state index is 13.5. The van der Waals surface area contributed by atoms with Gasteiger partial charge in [0.05, 0.1) is 22.7 Å². The van der Waals surface area contributed by atoms with Crippen molar-refractivity contribution in [3.8, 4) is 6.07 Å². The van der Waals surface area contributed by atoms with Crippen molar-refractivity contribution in [1.82, 2.24) is 15.6 Å². The number of hydrogen-bond acceptors (Lipinski definition) is 7. The molecule has 3 rings (SSSR count). The molecule has 1 atom stereocenters. The average Bonchev–Trinajstić information content (AvgIpc) is 3.23. The van der Waals surface area contributed by atoms with Crippen LogP contribution in [-0.4, -0.2) is 47.2 Å². The molecule has 1 unspecified atom stereocenters. The molecule has 1 heterocycles. The second-order valence-electron chi connectivity index (χ2n) is 8.04. The first-order valence-electron chi connectivity index (χ1n) is 9.92. The zero-order valence-electron chi connectivity index (χ0n) is 17.3. The fourth-order valence-corrected chi connectivity index (χ4v) is 3.93. The van der Waals surface area contributed by atoms with E-state index in [2.05, 4.69) is 16.1 Å². The standard InChI is InChI=1S/C20H22F3N7O3/c21-14-2-1-13(5-12(14)6-24)28-16(31)11-3-4-30(8-11)18(33)17(32)29-19(15(25)7-27-26)9-20(22,23)10-19/h1-2,5,7,11,27H,3-4,8-10,25-26H2,(H,28,31)(H,29,32)/b15-7-. The number of anilines is 1. The van der Waals surface area contributed by atoms with Crippen LogP contribution in [0.4, 0.5) is 18.9 Å². The van der Waals surface area contributed by atoms with Crippen molar-refractivity contribution in [2.45, 2.75) is 30.7 Å². The molecule has 1 aliphatic heterocycles. The highest BCUT2D eigenvalue weighted by atomic mass is 19.3. The van der Waals surface area contributed by atoms with Crippen LogP contribution >= 0.6 is 0 Å². The van der Waals surface area contributed by atoms with Gasteiger partial charge in [-0.25, -0.2) is 13.2 Å². The minimum absolute atomic E-state index is 0.0801. The molecule has 1 aromatic carbocycles. The number of likely N-dealkylation sites (tertiary alicyclic amines) is 1. The van der Waals surface area contributed by atoms with E-state index < -0.39 is 53.8 Å². The van der Waals surface area contributed by atoms with Crippen LogP contribution in [-0.2, 0) is 14.4 Å². The molecule has 10 nitrogen and oxygen atoms in total. The van der Waals surface area contributed by atoms with Crippen molar-refractivity contribution < 1.29 is 27.6 Å². The number of nitrogens with zero attached hydrogens (tertiary/aromatic N) is 2. The molecule has 1 aromatic rings. The predicted octanol–water partition coefficient (Wildman–Crippen LogP) is 0.0319. The Balaban J connectivity index is 1.60. The quantitative estimate of drug-likeness (QED) is 0.232. The lowest BCUT2D eigenvalue weighted by molar-refractivity contribution is -0.153. The number of halogens is 3. The number of nitrogens with two attached hydrogens (primary N) is 2. The third-order valence-corrected chi connectivity index (χ3v) is 5.66. The number of alkyl halides is 2. The van der Waals surface area contributed by atoms with Crippen LogP contribution in [0.2, 0.25) is 0 Å². The number of benzene rings is 1. The van der Waals surface area contributed by atoms with Gasteiger partial charge in [0, 0.05) is 37.8 Å². The van der Waals surface area contributed by atoms with Crippen molar-refractivity contribution in [3.63, 3.8) is 0 Å². The third kappa shape index (κ3) is 5.01. The van der Waals surface area contributed by atoms with E-state index in [-0.39, 0.29) is 36.5 Å². The molecule has 0 radical (unpaired) electrons. The number of amides is 3. The monoisotopic (exact) mass is 465 g/mol. The molecule has 7 N–H and O–H groups in total.